The Balaban J connectivity index is 0.00000200. The van der Waals surface area contributed by atoms with Gasteiger partial charge in [-0.15, -0.1) is 23.7 Å². The molecular formula is C11H17ClN2O4S2. The number of methoxy groups -OCH3 is 1. The first kappa shape index (κ1) is 17.4. The van der Waals surface area contributed by atoms with Gasteiger partial charge in [0.15, 0.2) is 0 Å². The van der Waals surface area contributed by atoms with E-state index in [0.29, 0.717) is 6.54 Å². The normalized spacial score (nSPS) is 18.6. The fourth-order valence-corrected chi connectivity index (χ4v) is 4.38. The van der Waals surface area contributed by atoms with Gasteiger partial charge in [-0.2, -0.15) is 0 Å². The third kappa shape index (κ3) is 3.92. The number of halogens is 1. The van der Waals surface area contributed by atoms with Crippen LogP contribution in [0.2, 0.25) is 0 Å². The Labute approximate surface area is 128 Å². The highest BCUT2D eigenvalue weighted by atomic mass is 35.5. The van der Waals surface area contributed by atoms with Crippen molar-refractivity contribution < 1.29 is 17.9 Å². The molecule has 2 heterocycles. The SMILES string of the molecule is COC(=O)c1sccc1S(=O)(=O)NCC1CCCN1.Cl. The monoisotopic (exact) mass is 340 g/mol. The second-order valence-corrected chi connectivity index (χ2v) is 6.90. The van der Waals surface area contributed by atoms with Crippen LogP contribution in [0.5, 0.6) is 0 Å². The Morgan fingerprint density at radius 2 is 2.35 bits per heavy atom. The Morgan fingerprint density at radius 1 is 1.60 bits per heavy atom. The fraction of sp³-hybridized carbons (Fsp3) is 0.545. The summed E-state index contributed by atoms with van der Waals surface area (Å²) in [4.78, 5) is 11.6. The van der Waals surface area contributed by atoms with E-state index in [1.807, 2.05) is 0 Å². The summed E-state index contributed by atoms with van der Waals surface area (Å²) in [5.41, 5.74) is 0. The van der Waals surface area contributed by atoms with Crippen molar-refractivity contribution >= 4 is 39.7 Å². The van der Waals surface area contributed by atoms with Crippen LogP contribution in [0.3, 0.4) is 0 Å². The molecule has 1 aliphatic heterocycles. The summed E-state index contributed by atoms with van der Waals surface area (Å²) in [6.45, 7) is 1.25. The molecule has 2 rings (SSSR count). The predicted octanol–water partition coefficient (Wildman–Crippen LogP) is 0.987. The maximum atomic E-state index is 12.2. The minimum atomic E-state index is -3.67. The quantitative estimate of drug-likeness (QED) is 0.781. The summed E-state index contributed by atoms with van der Waals surface area (Å²) >= 11 is 1.06. The third-order valence-electron chi connectivity index (χ3n) is 2.97. The molecule has 0 radical (unpaired) electrons. The Morgan fingerprint density at radius 3 is 2.95 bits per heavy atom. The summed E-state index contributed by atoms with van der Waals surface area (Å²) in [5.74, 6) is -0.630. The first-order chi connectivity index (χ1) is 9.04. The number of carbonyl (C=O) groups is 1. The van der Waals surface area contributed by atoms with E-state index in [1.165, 1.54) is 13.2 Å². The molecule has 0 saturated carbocycles. The lowest BCUT2D eigenvalue weighted by atomic mass is 10.2. The molecule has 1 saturated heterocycles. The van der Waals surface area contributed by atoms with Gasteiger partial charge in [-0.25, -0.2) is 17.9 Å². The van der Waals surface area contributed by atoms with Crippen LogP contribution in [0.25, 0.3) is 0 Å². The lowest BCUT2D eigenvalue weighted by Crippen LogP contribution is -2.37. The molecule has 114 valence electrons. The highest BCUT2D eigenvalue weighted by molar-refractivity contribution is 7.89. The van der Waals surface area contributed by atoms with Gasteiger partial charge in [-0.05, 0) is 30.8 Å². The zero-order chi connectivity index (χ0) is 13.9. The van der Waals surface area contributed by atoms with Gasteiger partial charge in [0.2, 0.25) is 10.0 Å². The van der Waals surface area contributed by atoms with Crippen LogP contribution in [0.15, 0.2) is 16.3 Å². The van der Waals surface area contributed by atoms with E-state index in [0.717, 1.165) is 30.7 Å². The van der Waals surface area contributed by atoms with Gasteiger partial charge >= 0.3 is 5.97 Å². The average Bonchev–Trinajstić information content (AvgIpc) is 3.06. The summed E-state index contributed by atoms with van der Waals surface area (Å²) < 4.78 is 31.4. The van der Waals surface area contributed by atoms with Crippen LogP contribution >= 0.6 is 23.7 Å². The number of hydrogen-bond donors (Lipinski definition) is 2. The van der Waals surface area contributed by atoms with E-state index < -0.39 is 16.0 Å². The molecule has 0 amide bonds. The van der Waals surface area contributed by atoms with Crippen LogP contribution < -0.4 is 10.0 Å². The van der Waals surface area contributed by atoms with Gasteiger partial charge in [0, 0.05) is 12.6 Å². The van der Waals surface area contributed by atoms with Crippen molar-refractivity contribution in [1.29, 1.82) is 0 Å². The number of esters is 1. The zero-order valence-electron chi connectivity index (χ0n) is 10.9. The van der Waals surface area contributed by atoms with Crippen LogP contribution in [0.1, 0.15) is 22.5 Å². The predicted molar refractivity (Wildman–Crippen MR) is 79.1 cm³/mol. The molecule has 1 unspecified atom stereocenters. The van der Waals surface area contributed by atoms with Crippen LogP contribution in [0.4, 0.5) is 0 Å². The Hall–Kier alpha value is -0.670. The van der Waals surface area contributed by atoms with E-state index >= 15 is 0 Å². The van der Waals surface area contributed by atoms with Crippen molar-refractivity contribution in [3.05, 3.63) is 16.3 Å². The summed E-state index contributed by atoms with van der Waals surface area (Å²) in [7, 11) is -2.44. The summed E-state index contributed by atoms with van der Waals surface area (Å²) in [6, 6.07) is 1.58. The smallest absolute Gasteiger partial charge is 0.349 e. The molecule has 20 heavy (non-hydrogen) atoms. The van der Waals surface area contributed by atoms with Crippen LogP contribution in [-0.4, -0.2) is 40.6 Å². The van der Waals surface area contributed by atoms with Gasteiger partial charge in [-0.3, -0.25) is 0 Å². The molecule has 1 fully saturated rings. The van der Waals surface area contributed by atoms with Gasteiger partial charge in [0.25, 0.3) is 0 Å². The lowest BCUT2D eigenvalue weighted by molar-refractivity contribution is 0.0602. The Bertz CT molecular complexity index is 553. The molecule has 1 aromatic rings. The number of carbonyl (C=O) groups excluding carboxylic acids is 1. The molecule has 1 aromatic heterocycles. The second kappa shape index (κ2) is 7.37. The van der Waals surface area contributed by atoms with Crippen molar-refractivity contribution in [2.75, 3.05) is 20.2 Å². The number of sulfonamides is 1. The van der Waals surface area contributed by atoms with Gasteiger partial charge < -0.3 is 10.1 Å². The first-order valence-corrected chi connectivity index (χ1v) is 8.30. The third-order valence-corrected chi connectivity index (χ3v) is 5.46. The lowest BCUT2D eigenvalue weighted by Gasteiger charge is -2.12. The highest BCUT2D eigenvalue weighted by Gasteiger charge is 2.25. The summed E-state index contributed by atoms with van der Waals surface area (Å²) in [6.07, 6.45) is 2.01. The highest BCUT2D eigenvalue weighted by Crippen LogP contribution is 2.22. The fourth-order valence-electron chi connectivity index (χ4n) is 1.97. The van der Waals surface area contributed by atoms with Crippen molar-refractivity contribution in [3.8, 4) is 0 Å². The molecule has 1 atom stereocenters. The molecule has 9 heteroatoms. The largest absolute Gasteiger partial charge is 0.465 e. The number of ether oxygens (including phenoxy) is 1. The van der Waals surface area contributed by atoms with E-state index in [4.69, 9.17) is 0 Å². The maximum Gasteiger partial charge on any atom is 0.349 e. The Kier molecular flexibility index (Phi) is 6.41. The molecule has 2 N–H and O–H groups in total. The topological polar surface area (TPSA) is 84.5 Å². The van der Waals surface area contributed by atoms with Gasteiger partial charge in [0.05, 0.1) is 7.11 Å². The molecular weight excluding hydrogens is 324 g/mol. The molecule has 6 nitrogen and oxygen atoms in total. The standard InChI is InChI=1S/C11H16N2O4S2.ClH/c1-17-11(14)10-9(4-6-18-10)19(15,16)13-7-8-3-2-5-12-8;/h4,6,8,12-13H,2-3,5,7H2,1H3;1H. The van der Waals surface area contributed by atoms with Crippen molar-refractivity contribution in [3.63, 3.8) is 0 Å². The van der Waals surface area contributed by atoms with E-state index in [9.17, 15) is 13.2 Å². The molecule has 0 spiro atoms. The number of rotatable bonds is 5. The number of nitrogens with one attached hydrogen (secondary N) is 2. The number of hydrogen-bond acceptors (Lipinski definition) is 6. The van der Waals surface area contributed by atoms with E-state index in [2.05, 4.69) is 14.8 Å². The first-order valence-electron chi connectivity index (χ1n) is 5.93. The van der Waals surface area contributed by atoms with E-state index in [1.54, 1.807) is 5.38 Å². The minimum absolute atomic E-state index is 0. The second-order valence-electron chi connectivity index (χ2n) is 4.25. The van der Waals surface area contributed by atoms with Crippen molar-refractivity contribution in [1.82, 2.24) is 10.0 Å². The van der Waals surface area contributed by atoms with E-state index in [-0.39, 0.29) is 28.2 Å². The summed E-state index contributed by atoms with van der Waals surface area (Å²) in [5, 5.41) is 4.77. The zero-order valence-corrected chi connectivity index (χ0v) is 13.4. The molecule has 1 aliphatic rings. The van der Waals surface area contributed by atoms with Gasteiger partial charge in [0.1, 0.15) is 9.77 Å². The number of thiophene rings is 1. The molecule has 0 bridgehead atoms. The average molecular weight is 341 g/mol. The van der Waals surface area contributed by atoms with Crippen molar-refractivity contribution in [2.45, 2.75) is 23.8 Å². The van der Waals surface area contributed by atoms with Crippen molar-refractivity contribution in [2.24, 2.45) is 0 Å². The van der Waals surface area contributed by atoms with Gasteiger partial charge in [-0.1, -0.05) is 0 Å². The molecule has 0 aliphatic carbocycles. The molecule has 0 aromatic carbocycles. The minimum Gasteiger partial charge on any atom is -0.465 e. The van der Waals surface area contributed by atoms with Crippen LogP contribution in [0, 0.1) is 0 Å². The van der Waals surface area contributed by atoms with Crippen LogP contribution in [-0.2, 0) is 14.8 Å². The maximum absolute atomic E-state index is 12.2.